The summed E-state index contributed by atoms with van der Waals surface area (Å²) in [5.74, 6) is 2.85. The first-order chi connectivity index (χ1) is 10.9. The van der Waals surface area contributed by atoms with Crippen LogP contribution in [0.4, 0.5) is 17.5 Å². The molecule has 2 aromatic rings. The SMILES string of the molecule is Cc1cc(NC(C)(C)C)nc(Nc2ccc3c(c2)OCCO3)n1. The molecule has 1 aliphatic rings. The van der Waals surface area contributed by atoms with Crippen LogP contribution in [0.1, 0.15) is 26.5 Å². The lowest BCUT2D eigenvalue weighted by atomic mass is 10.1. The van der Waals surface area contributed by atoms with Crippen molar-refractivity contribution >= 4 is 17.5 Å². The number of anilines is 3. The highest BCUT2D eigenvalue weighted by Crippen LogP contribution is 2.33. The average molecular weight is 314 g/mol. The number of hydrogen-bond donors (Lipinski definition) is 2. The van der Waals surface area contributed by atoms with Gasteiger partial charge >= 0.3 is 0 Å². The highest BCUT2D eigenvalue weighted by atomic mass is 16.6. The minimum atomic E-state index is -0.0605. The van der Waals surface area contributed by atoms with Gasteiger partial charge in [0.15, 0.2) is 11.5 Å². The predicted molar refractivity (Wildman–Crippen MR) is 90.9 cm³/mol. The number of aromatic nitrogens is 2. The van der Waals surface area contributed by atoms with E-state index in [0.717, 1.165) is 28.7 Å². The van der Waals surface area contributed by atoms with E-state index in [2.05, 4.69) is 41.4 Å². The van der Waals surface area contributed by atoms with E-state index in [9.17, 15) is 0 Å². The number of benzene rings is 1. The molecular weight excluding hydrogens is 292 g/mol. The fourth-order valence-corrected chi connectivity index (χ4v) is 2.32. The summed E-state index contributed by atoms with van der Waals surface area (Å²) in [6.45, 7) is 9.39. The minimum absolute atomic E-state index is 0.0605. The largest absolute Gasteiger partial charge is 0.486 e. The van der Waals surface area contributed by atoms with Crippen molar-refractivity contribution in [2.75, 3.05) is 23.8 Å². The number of nitrogens with zero attached hydrogens (tertiary/aromatic N) is 2. The molecule has 0 fully saturated rings. The molecule has 0 atom stereocenters. The Morgan fingerprint density at radius 3 is 2.48 bits per heavy atom. The molecule has 6 nitrogen and oxygen atoms in total. The predicted octanol–water partition coefficient (Wildman–Crippen LogP) is 3.51. The third-order valence-electron chi connectivity index (χ3n) is 3.16. The van der Waals surface area contributed by atoms with Crippen LogP contribution in [0.5, 0.6) is 11.5 Å². The second-order valence-corrected chi connectivity index (χ2v) is 6.58. The summed E-state index contributed by atoms with van der Waals surface area (Å²) in [6, 6.07) is 7.65. The van der Waals surface area contributed by atoms with E-state index < -0.39 is 0 Å². The van der Waals surface area contributed by atoms with Crippen molar-refractivity contribution < 1.29 is 9.47 Å². The first kappa shape index (κ1) is 15.4. The molecule has 1 aromatic heterocycles. The maximum absolute atomic E-state index is 5.60. The van der Waals surface area contributed by atoms with E-state index in [1.165, 1.54) is 0 Å². The van der Waals surface area contributed by atoms with Crippen molar-refractivity contribution in [3.05, 3.63) is 30.0 Å². The molecule has 0 amide bonds. The Morgan fingerprint density at radius 1 is 1.00 bits per heavy atom. The molecule has 0 bridgehead atoms. The van der Waals surface area contributed by atoms with E-state index >= 15 is 0 Å². The van der Waals surface area contributed by atoms with Crippen molar-refractivity contribution in [1.29, 1.82) is 0 Å². The summed E-state index contributed by atoms with van der Waals surface area (Å²) in [5.41, 5.74) is 1.70. The standard InChI is InChI=1S/C17H22N4O2/c1-11-9-15(21-17(2,3)4)20-16(18-11)19-12-5-6-13-14(10-12)23-8-7-22-13/h5-6,9-10H,7-8H2,1-4H3,(H2,18,19,20,21). The fourth-order valence-electron chi connectivity index (χ4n) is 2.32. The molecule has 2 heterocycles. The second-order valence-electron chi connectivity index (χ2n) is 6.58. The molecule has 122 valence electrons. The Kier molecular flexibility index (Phi) is 3.98. The van der Waals surface area contributed by atoms with Gasteiger partial charge in [0.25, 0.3) is 0 Å². The summed E-state index contributed by atoms with van der Waals surface area (Å²) in [5, 5.41) is 6.59. The van der Waals surface area contributed by atoms with Crippen LogP contribution >= 0.6 is 0 Å². The average Bonchev–Trinajstić information content (AvgIpc) is 2.44. The van der Waals surface area contributed by atoms with E-state index in [4.69, 9.17) is 9.47 Å². The van der Waals surface area contributed by atoms with Gasteiger partial charge in [-0.2, -0.15) is 4.98 Å². The third kappa shape index (κ3) is 4.03. The molecule has 1 aromatic carbocycles. The van der Waals surface area contributed by atoms with Gasteiger partial charge in [-0.1, -0.05) is 0 Å². The molecule has 1 aliphatic heterocycles. The molecule has 2 N–H and O–H groups in total. The second kappa shape index (κ2) is 5.95. The molecule has 0 saturated carbocycles. The van der Waals surface area contributed by atoms with Gasteiger partial charge in [0.1, 0.15) is 19.0 Å². The number of rotatable bonds is 3. The van der Waals surface area contributed by atoms with Gasteiger partial charge in [0.2, 0.25) is 5.95 Å². The fraction of sp³-hybridized carbons (Fsp3) is 0.412. The van der Waals surface area contributed by atoms with Gasteiger partial charge in [0.05, 0.1) is 0 Å². The molecule has 3 rings (SSSR count). The monoisotopic (exact) mass is 314 g/mol. The van der Waals surface area contributed by atoms with Crippen LogP contribution in [0.3, 0.4) is 0 Å². The lowest BCUT2D eigenvalue weighted by Crippen LogP contribution is -2.27. The van der Waals surface area contributed by atoms with Crippen LogP contribution in [-0.2, 0) is 0 Å². The number of aryl methyl sites for hydroxylation is 1. The first-order valence-corrected chi connectivity index (χ1v) is 7.70. The van der Waals surface area contributed by atoms with Crippen molar-refractivity contribution in [2.45, 2.75) is 33.2 Å². The molecule has 0 spiro atoms. The lowest BCUT2D eigenvalue weighted by molar-refractivity contribution is 0.171. The summed E-state index contributed by atoms with van der Waals surface area (Å²) in [6.07, 6.45) is 0. The first-order valence-electron chi connectivity index (χ1n) is 7.70. The van der Waals surface area contributed by atoms with Crippen LogP contribution in [0, 0.1) is 6.92 Å². The number of ether oxygens (including phenoxy) is 2. The summed E-state index contributed by atoms with van der Waals surface area (Å²) < 4.78 is 11.1. The Bertz CT molecular complexity index is 710. The maximum atomic E-state index is 5.60. The lowest BCUT2D eigenvalue weighted by Gasteiger charge is -2.22. The van der Waals surface area contributed by atoms with Crippen LogP contribution in [-0.4, -0.2) is 28.7 Å². The quantitative estimate of drug-likeness (QED) is 0.903. The molecule has 6 heteroatoms. The molecule has 0 saturated heterocycles. The Balaban J connectivity index is 1.82. The van der Waals surface area contributed by atoms with Crippen LogP contribution < -0.4 is 20.1 Å². The summed E-state index contributed by atoms with van der Waals surface area (Å²) in [7, 11) is 0. The van der Waals surface area contributed by atoms with Gasteiger partial charge in [-0.05, 0) is 39.8 Å². The van der Waals surface area contributed by atoms with Gasteiger partial charge in [-0.3, -0.25) is 0 Å². The Labute approximate surface area is 136 Å². The van der Waals surface area contributed by atoms with Crippen LogP contribution in [0.2, 0.25) is 0 Å². The van der Waals surface area contributed by atoms with E-state index in [1.54, 1.807) is 0 Å². The molecule has 23 heavy (non-hydrogen) atoms. The zero-order valence-electron chi connectivity index (χ0n) is 13.9. The minimum Gasteiger partial charge on any atom is -0.486 e. The van der Waals surface area contributed by atoms with Gasteiger partial charge < -0.3 is 20.1 Å². The maximum Gasteiger partial charge on any atom is 0.229 e. The zero-order valence-corrected chi connectivity index (χ0v) is 13.9. The molecule has 0 aliphatic carbocycles. The zero-order chi connectivity index (χ0) is 16.4. The highest BCUT2D eigenvalue weighted by Gasteiger charge is 2.14. The van der Waals surface area contributed by atoms with E-state index in [1.807, 2.05) is 31.2 Å². The van der Waals surface area contributed by atoms with Crippen molar-refractivity contribution in [1.82, 2.24) is 9.97 Å². The normalized spacial score (nSPS) is 13.6. The van der Waals surface area contributed by atoms with Gasteiger partial charge in [-0.25, -0.2) is 4.98 Å². The third-order valence-corrected chi connectivity index (χ3v) is 3.16. The van der Waals surface area contributed by atoms with E-state index in [0.29, 0.717) is 19.2 Å². The Morgan fingerprint density at radius 2 is 1.74 bits per heavy atom. The Hall–Kier alpha value is -2.50. The number of hydrogen-bond acceptors (Lipinski definition) is 6. The van der Waals surface area contributed by atoms with E-state index in [-0.39, 0.29) is 5.54 Å². The molecule has 0 unspecified atom stereocenters. The van der Waals surface area contributed by atoms with Crippen molar-refractivity contribution in [2.24, 2.45) is 0 Å². The highest BCUT2D eigenvalue weighted by molar-refractivity contribution is 5.61. The van der Waals surface area contributed by atoms with Crippen molar-refractivity contribution in [3.63, 3.8) is 0 Å². The smallest absolute Gasteiger partial charge is 0.229 e. The van der Waals surface area contributed by atoms with Crippen LogP contribution in [0.25, 0.3) is 0 Å². The van der Waals surface area contributed by atoms with Gasteiger partial charge in [-0.15, -0.1) is 0 Å². The van der Waals surface area contributed by atoms with Crippen LogP contribution in [0.15, 0.2) is 24.3 Å². The van der Waals surface area contributed by atoms with Crippen molar-refractivity contribution in [3.8, 4) is 11.5 Å². The number of fused-ring (bicyclic) bond motifs is 1. The summed E-state index contributed by atoms with van der Waals surface area (Å²) in [4.78, 5) is 8.96. The molecule has 0 radical (unpaired) electrons. The molecular formula is C17H22N4O2. The van der Waals surface area contributed by atoms with Gasteiger partial charge in [0, 0.05) is 29.1 Å². The topological polar surface area (TPSA) is 68.3 Å². The number of nitrogens with one attached hydrogen (secondary N) is 2. The summed E-state index contributed by atoms with van der Waals surface area (Å²) >= 11 is 0.